The fourth-order valence-electron chi connectivity index (χ4n) is 3.93. The van der Waals surface area contributed by atoms with Crippen LogP contribution in [-0.2, 0) is 6.54 Å². The summed E-state index contributed by atoms with van der Waals surface area (Å²) in [5.74, 6) is -0.288. The average Bonchev–Trinajstić information content (AvgIpc) is 3.37. The molecule has 7 heteroatoms. The number of fused-ring (bicyclic) bond motifs is 3. The van der Waals surface area contributed by atoms with E-state index in [0.717, 1.165) is 16.5 Å². The zero-order valence-electron chi connectivity index (χ0n) is 16.5. The number of amides is 2. The monoisotopic (exact) mass is 399 g/mol. The van der Waals surface area contributed by atoms with Gasteiger partial charge in [-0.25, -0.2) is 0 Å². The molecule has 1 atom stereocenters. The molecule has 150 valence electrons. The Bertz CT molecular complexity index is 1260. The molecule has 2 aromatic carbocycles. The third-order valence-electron chi connectivity index (χ3n) is 5.41. The van der Waals surface area contributed by atoms with Crippen LogP contribution in [0.15, 0.2) is 67.0 Å². The van der Waals surface area contributed by atoms with Gasteiger partial charge >= 0.3 is 0 Å². The molecular weight excluding hydrogens is 378 g/mol. The third kappa shape index (κ3) is 3.24. The highest BCUT2D eigenvalue weighted by Crippen LogP contribution is 2.28. The number of nitrogens with one attached hydrogen (secondary N) is 2. The molecule has 1 aliphatic heterocycles. The molecule has 2 N–H and O–H groups in total. The van der Waals surface area contributed by atoms with Crippen molar-refractivity contribution in [2.45, 2.75) is 19.5 Å². The van der Waals surface area contributed by atoms with Crippen molar-refractivity contribution in [2.75, 3.05) is 11.9 Å². The van der Waals surface area contributed by atoms with E-state index in [-0.39, 0.29) is 17.9 Å². The highest BCUT2D eigenvalue weighted by atomic mass is 16.2. The van der Waals surface area contributed by atoms with Crippen LogP contribution in [0, 0.1) is 0 Å². The predicted molar refractivity (Wildman–Crippen MR) is 115 cm³/mol. The van der Waals surface area contributed by atoms with E-state index in [4.69, 9.17) is 0 Å². The van der Waals surface area contributed by atoms with Crippen LogP contribution < -0.4 is 10.6 Å². The summed E-state index contributed by atoms with van der Waals surface area (Å²) in [6.45, 7) is 3.29. The Hall–Kier alpha value is -3.87. The van der Waals surface area contributed by atoms with Crippen LogP contribution in [0.5, 0.6) is 0 Å². The lowest BCUT2D eigenvalue weighted by Gasteiger charge is -2.24. The fraction of sp³-hybridized carbons (Fsp3) is 0.174. The van der Waals surface area contributed by atoms with Crippen molar-refractivity contribution in [1.29, 1.82) is 0 Å². The lowest BCUT2D eigenvalue weighted by atomic mass is 10.2. The number of nitrogens with zero attached hydrogens (tertiary/aromatic N) is 3. The number of rotatable bonds is 4. The summed E-state index contributed by atoms with van der Waals surface area (Å²) in [5, 5.41) is 11.0. The van der Waals surface area contributed by atoms with Gasteiger partial charge in [0.15, 0.2) is 0 Å². The van der Waals surface area contributed by atoms with Crippen molar-refractivity contribution in [2.24, 2.45) is 0 Å². The molecule has 0 radical (unpaired) electrons. The summed E-state index contributed by atoms with van der Waals surface area (Å²) < 4.78 is 3.79. The Morgan fingerprint density at radius 3 is 2.87 bits per heavy atom. The summed E-state index contributed by atoms with van der Waals surface area (Å²) in [6, 6.07) is 17.7. The van der Waals surface area contributed by atoms with Crippen molar-refractivity contribution in [1.82, 2.24) is 19.7 Å². The van der Waals surface area contributed by atoms with E-state index in [2.05, 4.69) is 22.7 Å². The summed E-state index contributed by atoms with van der Waals surface area (Å²) in [7, 11) is 0. The van der Waals surface area contributed by atoms with Gasteiger partial charge in [-0.05, 0) is 36.8 Å². The molecule has 2 aromatic heterocycles. The molecule has 0 spiro atoms. The van der Waals surface area contributed by atoms with Crippen molar-refractivity contribution < 1.29 is 9.59 Å². The first kappa shape index (κ1) is 18.2. The van der Waals surface area contributed by atoms with Crippen LogP contribution in [-0.4, -0.2) is 32.7 Å². The van der Waals surface area contributed by atoms with E-state index >= 15 is 0 Å². The molecule has 0 fully saturated rings. The van der Waals surface area contributed by atoms with E-state index in [1.807, 2.05) is 59.2 Å². The molecule has 0 saturated carbocycles. The van der Waals surface area contributed by atoms with Gasteiger partial charge in [0, 0.05) is 35.4 Å². The second-order valence-corrected chi connectivity index (χ2v) is 7.60. The molecule has 4 aromatic rings. The SMILES string of the molecule is CC1CNC(=O)c2cc3cc(NC(=O)c4cnn(Cc5ccccc5)c4)ccc3n21. The van der Waals surface area contributed by atoms with Gasteiger partial charge in [-0.1, -0.05) is 30.3 Å². The Morgan fingerprint density at radius 1 is 1.20 bits per heavy atom. The minimum absolute atomic E-state index is 0.0688. The van der Waals surface area contributed by atoms with Gasteiger partial charge in [-0.15, -0.1) is 0 Å². The predicted octanol–water partition coefficient (Wildman–Crippen LogP) is 3.44. The smallest absolute Gasteiger partial charge is 0.268 e. The molecule has 1 aliphatic rings. The molecule has 30 heavy (non-hydrogen) atoms. The minimum Gasteiger partial charge on any atom is -0.349 e. The van der Waals surface area contributed by atoms with Crippen LogP contribution in [0.2, 0.25) is 0 Å². The highest BCUT2D eigenvalue weighted by molar-refractivity contribution is 6.05. The third-order valence-corrected chi connectivity index (χ3v) is 5.41. The van der Waals surface area contributed by atoms with Gasteiger partial charge in [0.25, 0.3) is 11.8 Å². The molecule has 0 aliphatic carbocycles. The Morgan fingerprint density at radius 2 is 2.03 bits per heavy atom. The zero-order chi connectivity index (χ0) is 20.7. The summed E-state index contributed by atoms with van der Waals surface area (Å²) in [6.07, 6.45) is 3.31. The Labute approximate surface area is 173 Å². The quantitative estimate of drug-likeness (QED) is 0.552. The lowest BCUT2D eigenvalue weighted by molar-refractivity contribution is 0.0918. The second-order valence-electron chi connectivity index (χ2n) is 7.60. The summed E-state index contributed by atoms with van der Waals surface area (Å²) >= 11 is 0. The molecule has 1 unspecified atom stereocenters. The first-order valence-corrected chi connectivity index (χ1v) is 9.89. The van der Waals surface area contributed by atoms with Crippen molar-refractivity contribution in [3.05, 3.63) is 83.8 Å². The molecule has 5 rings (SSSR count). The van der Waals surface area contributed by atoms with Crippen LogP contribution in [0.1, 0.15) is 39.4 Å². The maximum atomic E-state index is 12.7. The van der Waals surface area contributed by atoms with Crippen molar-refractivity contribution >= 4 is 28.4 Å². The maximum Gasteiger partial charge on any atom is 0.268 e. The maximum absolute atomic E-state index is 12.7. The van der Waals surface area contributed by atoms with Crippen LogP contribution in [0.4, 0.5) is 5.69 Å². The fourth-order valence-corrected chi connectivity index (χ4v) is 3.93. The number of hydrogen-bond acceptors (Lipinski definition) is 3. The van der Waals surface area contributed by atoms with Gasteiger partial charge in [0.2, 0.25) is 0 Å². The summed E-state index contributed by atoms with van der Waals surface area (Å²) in [4.78, 5) is 24.9. The number of carbonyl (C=O) groups excluding carboxylic acids is 2. The van der Waals surface area contributed by atoms with Gasteiger partial charge in [0.1, 0.15) is 5.69 Å². The number of hydrogen-bond donors (Lipinski definition) is 2. The molecular formula is C23H21N5O2. The van der Waals surface area contributed by atoms with E-state index in [1.54, 1.807) is 17.1 Å². The normalized spacial score (nSPS) is 15.6. The zero-order valence-corrected chi connectivity index (χ0v) is 16.5. The Kier molecular flexibility index (Phi) is 4.35. The van der Waals surface area contributed by atoms with Gasteiger partial charge in [-0.3, -0.25) is 14.3 Å². The standard InChI is InChI=1S/C23H21N5O2/c1-15-11-24-23(30)21-10-17-9-19(7-8-20(17)28(15)21)26-22(29)18-12-25-27(14-18)13-16-5-3-2-4-6-16/h2-10,12,14-15H,11,13H2,1H3,(H,24,30)(H,26,29). The van der Waals surface area contributed by atoms with Crippen molar-refractivity contribution in [3.63, 3.8) is 0 Å². The van der Waals surface area contributed by atoms with Crippen LogP contribution >= 0.6 is 0 Å². The van der Waals surface area contributed by atoms with E-state index < -0.39 is 0 Å². The highest BCUT2D eigenvalue weighted by Gasteiger charge is 2.24. The topological polar surface area (TPSA) is 81.0 Å². The molecule has 0 bridgehead atoms. The van der Waals surface area contributed by atoms with Gasteiger partial charge < -0.3 is 15.2 Å². The van der Waals surface area contributed by atoms with Gasteiger partial charge in [0.05, 0.1) is 18.3 Å². The molecule has 0 saturated heterocycles. The van der Waals surface area contributed by atoms with Crippen molar-refractivity contribution in [3.8, 4) is 0 Å². The number of anilines is 1. The van der Waals surface area contributed by atoms with E-state index in [9.17, 15) is 9.59 Å². The second kappa shape index (κ2) is 7.18. The van der Waals surface area contributed by atoms with Crippen LogP contribution in [0.3, 0.4) is 0 Å². The average molecular weight is 399 g/mol. The Balaban J connectivity index is 1.36. The summed E-state index contributed by atoms with van der Waals surface area (Å²) in [5.41, 5.74) is 3.93. The van der Waals surface area contributed by atoms with Gasteiger partial charge in [-0.2, -0.15) is 5.10 Å². The number of carbonyl (C=O) groups is 2. The van der Waals surface area contributed by atoms with E-state index in [1.165, 1.54) is 0 Å². The first-order chi connectivity index (χ1) is 14.6. The molecule has 7 nitrogen and oxygen atoms in total. The largest absolute Gasteiger partial charge is 0.349 e. The number of benzene rings is 2. The molecule has 2 amide bonds. The van der Waals surface area contributed by atoms with E-state index in [0.29, 0.717) is 30.0 Å². The lowest BCUT2D eigenvalue weighted by Crippen LogP contribution is -2.37. The minimum atomic E-state index is -0.219. The van der Waals surface area contributed by atoms with Crippen LogP contribution in [0.25, 0.3) is 10.9 Å². The first-order valence-electron chi connectivity index (χ1n) is 9.89. The number of aromatic nitrogens is 3. The molecule has 3 heterocycles.